The number of hydrogen-bond acceptors (Lipinski definition) is 4. The van der Waals surface area contributed by atoms with Crippen molar-refractivity contribution in [2.24, 2.45) is 5.14 Å². The molecule has 0 aliphatic rings. The number of rotatable bonds is 3. The second-order valence-electron chi connectivity index (χ2n) is 1.71. The highest BCUT2D eigenvalue weighted by Crippen LogP contribution is 1.80. The number of carbonyl (C=O) groups is 1. The van der Waals surface area contributed by atoms with Gasteiger partial charge in [0.05, 0.1) is 5.75 Å². The molecule has 0 fully saturated rings. The number of sulfonamides is 1. The fraction of sp³-hybridized carbons (Fsp3) is 0.750. The predicted molar refractivity (Wildman–Crippen MR) is 49.1 cm³/mol. The molecule has 12 heavy (non-hydrogen) atoms. The topological polar surface area (TPSA) is 86.5 Å². The molecule has 0 aliphatic heterocycles. The molecule has 0 aromatic rings. The molecule has 8 heteroatoms. The third-order valence-electron chi connectivity index (χ3n) is 0.673. The van der Waals surface area contributed by atoms with E-state index in [1.54, 1.807) is 0 Å². The summed E-state index contributed by atoms with van der Waals surface area (Å²) in [6, 6.07) is 0. The molecule has 76 valence electrons. The monoisotopic (exact) mass is 239 g/mol. The van der Waals surface area contributed by atoms with E-state index in [0.29, 0.717) is 0 Å². The molecule has 0 amide bonds. The minimum Gasteiger partial charge on any atom is -0.465 e. The number of carbonyl (C=O) groups excluding carboxylic acids is 1. The fourth-order valence-corrected chi connectivity index (χ4v) is 0.617. The second kappa shape index (κ2) is 7.60. The molecule has 0 heterocycles. The molecular weight excluding hydrogens is 229 g/mol. The lowest BCUT2D eigenvalue weighted by molar-refractivity contribution is -0.140. The lowest BCUT2D eigenvalue weighted by Gasteiger charge is -1.97. The number of halogens is 2. The molecule has 0 bridgehead atoms. The minimum atomic E-state index is -3.50. The van der Waals surface area contributed by atoms with E-state index in [-0.39, 0.29) is 37.2 Å². The van der Waals surface area contributed by atoms with Gasteiger partial charge in [0, 0.05) is 6.92 Å². The predicted octanol–water partition coefficient (Wildman–Crippen LogP) is -0.318. The van der Waals surface area contributed by atoms with Gasteiger partial charge in [-0.2, -0.15) is 0 Å². The van der Waals surface area contributed by atoms with E-state index in [2.05, 4.69) is 9.88 Å². The smallest absolute Gasteiger partial charge is 0.302 e. The van der Waals surface area contributed by atoms with Crippen LogP contribution in [-0.2, 0) is 19.6 Å². The van der Waals surface area contributed by atoms with Gasteiger partial charge in [0.25, 0.3) is 0 Å². The third-order valence-corrected chi connectivity index (χ3v) is 1.41. The van der Waals surface area contributed by atoms with Crippen LogP contribution in [0, 0.1) is 0 Å². The summed E-state index contributed by atoms with van der Waals surface area (Å²) in [5.41, 5.74) is 0. The fourth-order valence-electron chi connectivity index (χ4n) is 0.302. The van der Waals surface area contributed by atoms with Gasteiger partial charge >= 0.3 is 5.97 Å². The van der Waals surface area contributed by atoms with Crippen LogP contribution < -0.4 is 5.14 Å². The number of nitrogens with two attached hydrogens (primary N) is 1. The Labute approximate surface area is 83.5 Å². The van der Waals surface area contributed by atoms with Crippen LogP contribution >= 0.6 is 24.8 Å². The van der Waals surface area contributed by atoms with Gasteiger partial charge in [-0.15, -0.1) is 24.8 Å². The first-order valence-corrected chi connectivity index (χ1v) is 4.27. The van der Waals surface area contributed by atoms with Crippen LogP contribution in [0.15, 0.2) is 0 Å². The van der Waals surface area contributed by atoms with Gasteiger partial charge in [-0.3, -0.25) is 4.79 Å². The average Bonchev–Trinajstić information content (AvgIpc) is 1.59. The van der Waals surface area contributed by atoms with E-state index in [4.69, 9.17) is 0 Å². The van der Waals surface area contributed by atoms with Crippen molar-refractivity contribution >= 4 is 40.8 Å². The van der Waals surface area contributed by atoms with Crippen molar-refractivity contribution in [1.82, 2.24) is 0 Å². The summed E-state index contributed by atoms with van der Waals surface area (Å²) in [7, 11) is -3.50. The molecule has 0 aromatic carbocycles. The molecule has 2 N–H and O–H groups in total. The standard InChI is InChI=1S/C4H9NO4S.2ClH/c1-4(6)9-2-3-10(5,7)8;;/h2-3H2,1H3,(H2,5,7,8);2*1H. The average molecular weight is 240 g/mol. The highest BCUT2D eigenvalue weighted by atomic mass is 35.5. The largest absolute Gasteiger partial charge is 0.465 e. The van der Waals surface area contributed by atoms with Crippen molar-refractivity contribution in [3.8, 4) is 0 Å². The van der Waals surface area contributed by atoms with Gasteiger partial charge in [0.1, 0.15) is 6.61 Å². The van der Waals surface area contributed by atoms with Gasteiger partial charge in [0.15, 0.2) is 0 Å². The number of hydrogen-bond donors (Lipinski definition) is 1. The Kier molecular flexibility index (Phi) is 11.3. The Balaban J connectivity index is -0.000000405. The molecular formula is C4H11Cl2NO4S. The molecule has 0 saturated heterocycles. The Bertz CT molecular complexity index is 215. The summed E-state index contributed by atoms with van der Waals surface area (Å²) < 4.78 is 24.7. The van der Waals surface area contributed by atoms with Gasteiger partial charge < -0.3 is 4.74 Å². The molecule has 0 radical (unpaired) electrons. The summed E-state index contributed by atoms with van der Waals surface area (Å²) in [6.45, 7) is 1.03. The first-order chi connectivity index (χ1) is 4.42. The van der Waals surface area contributed by atoms with Gasteiger partial charge in [-0.05, 0) is 0 Å². The van der Waals surface area contributed by atoms with Crippen LogP contribution in [0.25, 0.3) is 0 Å². The van der Waals surface area contributed by atoms with Crippen molar-refractivity contribution in [3.05, 3.63) is 0 Å². The third kappa shape index (κ3) is 16.5. The maximum Gasteiger partial charge on any atom is 0.302 e. The lowest BCUT2D eigenvalue weighted by atomic mass is 10.8. The van der Waals surface area contributed by atoms with E-state index in [1.807, 2.05) is 0 Å². The molecule has 0 unspecified atom stereocenters. The Morgan fingerprint density at radius 2 is 1.83 bits per heavy atom. The Morgan fingerprint density at radius 3 is 2.08 bits per heavy atom. The van der Waals surface area contributed by atoms with E-state index < -0.39 is 16.0 Å². The van der Waals surface area contributed by atoms with Crippen LogP contribution in [0.1, 0.15) is 6.92 Å². The van der Waals surface area contributed by atoms with Gasteiger partial charge in [-0.1, -0.05) is 0 Å². The van der Waals surface area contributed by atoms with Crippen molar-refractivity contribution in [3.63, 3.8) is 0 Å². The van der Waals surface area contributed by atoms with Crippen LogP contribution in [-0.4, -0.2) is 26.7 Å². The zero-order valence-electron chi connectivity index (χ0n) is 6.35. The maximum absolute atomic E-state index is 10.2. The summed E-state index contributed by atoms with van der Waals surface area (Å²) in [5.74, 6) is -0.837. The summed E-state index contributed by atoms with van der Waals surface area (Å²) in [6.07, 6.45) is 0. The zero-order valence-corrected chi connectivity index (χ0v) is 8.80. The molecule has 0 rings (SSSR count). The van der Waals surface area contributed by atoms with Crippen LogP contribution in [0.4, 0.5) is 0 Å². The quantitative estimate of drug-likeness (QED) is 0.685. The molecule has 5 nitrogen and oxygen atoms in total. The summed E-state index contributed by atoms with van der Waals surface area (Å²) in [5, 5.41) is 4.60. The summed E-state index contributed by atoms with van der Waals surface area (Å²) in [4.78, 5) is 10.1. The minimum absolute atomic E-state index is 0. The van der Waals surface area contributed by atoms with Crippen molar-refractivity contribution in [1.29, 1.82) is 0 Å². The number of esters is 1. The lowest BCUT2D eigenvalue weighted by Crippen LogP contribution is -2.20. The molecule has 0 aliphatic carbocycles. The molecule has 0 aromatic heterocycles. The van der Waals surface area contributed by atoms with E-state index >= 15 is 0 Å². The van der Waals surface area contributed by atoms with Crippen molar-refractivity contribution < 1.29 is 17.9 Å². The van der Waals surface area contributed by atoms with Crippen LogP contribution in [0.2, 0.25) is 0 Å². The normalized spacial score (nSPS) is 9.17. The molecule has 0 atom stereocenters. The number of primary sulfonamides is 1. The van der Waals surface area contributed by atoms with E-state index in [0.717, 1.165) is 0 Å². The second-order valence-corrected chi connectivity index (χ2v) is 3.44. The van der Waals surface area contributed by atoms with Crippen molar-refractivity contribution in [2.75, 3.05) is 12.4 Å². The van der Waals surface area contributed by atoms with Gasteiger partial charge in [0.2, 0.25) is 10.0 Å². The summed E-state index contributed by atoms with van der Waals surface area (Å²) >= 11 is 0. The highest BCUT2D eigenvalue weighted by Gasteiger charge is 2.02. The van der Waals surface area contributed by atoms with E-state index in [1.165, 1.54) is 6.92 Å². The van der Waals surface area contributed by atoms with Crippen LogP contribution in [0.3, 0.4) is 0 Å². The first-order valence-electron chi connectivity index (χ1n) is 2.55. The first kappa shape index (κ1) is 17.9. The van der Waals surface area contributed by atoms with E-state index in [9.17, 15) is 13.2 Å². The maximum atomic E-state index is 10.2. The zero-order chi connectivity index (χ0) is 8.20. The van der Waals surface area contributed by atoms with Crippen molar-refractivity contribution in [2.45, 2.75) is 6.92 Å². The number of ether oxygens (including phenoxy) is 1. The molecule has 0 spiro atoms. The highest BCUT2D eigenvalue weighted by molar-refractivity contribution is 7.89. The Hall–Kier alpha value is -0.0400. The SMILES string of the molecule is CC(=O)OCCS(N)(=O)=O.Cl.Cl. The van der Waals surface area contributed by atoms with Gasteiger partial charge in [-0.25, -0.2) is 13.6 Å². The Morgan fingerprint density at radius 1 is 1.42 bits per heavy atom. The van der Waals surface area contributed by atoms with Crippen LogP contribution in [0.5, 0.6) is 0 Å². The molecule has 0 saturated carbocycles.